The number of ether oxygens (including phenoxy) is 3. The monoisotopic (exact) mass is 358 g/mol. The van der Waals surface area contributed by atoms with E-state index in [1.807, 2.05) is 0 Å². The van der Waals surface area contributed by atoms with Gasteiger partial charge in [0.05, 0.1) is 19.8 Å². The van der Waals surface area contributed by atoms with Crippen LogP contribution in [0.2, 0.25) is 0 Å². The van der Waals surface area contributed by atoms with Crippen LogP contribution in [0, 0.1) is 0 Å². The Morgan fingerprint density at radius 1 is 1.12 bits per heavy atom. The minimum absolute atomic E-state index is 0.285. The van der Waals surface area contributed by atoms with Crippen LogP contribution in [-0.4, -0.2) is 76.1 Å². The first-order valence-electron chi connectivity index (χ1n) is 8.19. The second-order valence-electron chi connectivity index (χ2n) is 6.19. The van der Waals surface area contributed by atoms with E-state index >= 15 is 0 Å². The molecule has 1 fully saturated rings. The lowest BCUT2D eigenvalue weighted by Crippen LogP contribution is -2.60. The molecule has 1 aliphatic rings. The van der Waals surface area contributed by atoms with Crippen molar-refractivity contribution in [1.82, 2.24) is 0 Å². The van der Waals surface area contributed by atoms with Crippen LogP contribution >= 0.6 is 0 Å². The van der Waals surface area contributed by atoms with Crippen LogP contribution in [0.15, 0.2) is 18.2 Å². The molecule has 1 saturated heterocycles. The van der Waals surface area contributed by atoms with E-state index in [1.54, 1.807) is 25.1 Å². The van der Waals surface area contributed by atoms with Crippen molar-refractivity contribution in [2.24, 2.45) is 0 Å². The highest BCUT2D eigenvalue weighted by Gasteiger charge is 2.44. The maximum absolute atomic E-state index is 10.0. The number of methoxy groups -OCH3 is 1. The Balaban J connectivity index is 2.12. The average molecular weight is 358 g/mol. The van der Waals surface area contributed by atoms with E-state index in [-0.39, 0.29) is 5.75 Å². The highest BCUT2D eigenvalue weighted by Crippen LogP contribution is 2.32. The number of hydrogen-bond acceptors (Lipinski definition) is 8. The fourth-order valence-corrected chi connectivity index (χ4v) is 2.63. The predicted molar refractivity (Wildman–Crippen MR) is 87.4 cm³/mol. The molecular formula is C17H26O8. The van der Waals surface area contributed by atoms with Crippen molar-refractivity contribution >= 4 is 0 Å². The lowest BCUT2D eigenvalue weighted by Gasteiger charge is -2.39. The van der Waals surface area contributed by atoms with Gasteiger partial charge in [0.2, 0.25) is 6.29 Å². The van der Waals surface area contributed by atoms with Crippen molar-refractivity contribution in [3.05, 3.63) is 23.8 Å². The summed E-state index contributed by atoms with van der Waals surface area (Å²) in [5.41, 5.74) is 0.943. The summed E-state index contributed by atoms with van der Waals surface area (Å²) in [6, 6.07) is 5.18. The van der Waals surface area contributed by atoms with Crippen LogP contribution in [0.25, 0.3) is 0 Å². The third-order valence-corrected chi connectivity index (χ3v) is 4.17. The van der Waals surface area contributed by atoms with Crippen molar-refractivity contribution in [1.29, 1.82) is 0 Å². The molecule has 1 unspecified atom stereocenters. The zero-order valence-corrected chi connectivity index (χ0v) is 14.3. The Kier molecular flexibility index (Phi) is 7.00. The third kappa shape index (κ3) is 4.81. The van der Waals surface area contributed by atoms with Crippen molar-refractivity contribution in [2.45, 2.75) is 56.6 Å². The van der Waals surface area contributed by atoms with Crippen LogP contribution in [0.5, 0.6) is 11.5 Å². The SMILES string of the molecule is COc1cc(CCC(C)O)ccc1O[C@@H]1O[C@H](CO)[C@@H](O)[C@H](O)[C@H]1O. The summed E-state index contributed by atoms with van der Waals surface area (Å²) >= 11 is 0. The quantitative estimate of drug-likeness (QED) is 0.428. The molecule has 0 radical (unpaired) electrons. The molecule has 1 heterocycles. The van der Waals surface area contributed by atoms with Gasteiger partial charge in [0.15, 0.2) is 11.5 Å². The number of rotatable bonds is 7. The fraction of sp³-hybridized carbons (Fsp3) is 0.647. The molecule has 0 spiro atoms. The summed E-state index contributed by atoms with van der Waals surface area (Å²) in [5, 5.41) is 48.2. The molecule has 1 aliphatic heterocycles. The van der Waals surface area contributed by atoms with Gasteiger partial charge in [0.25, 0.3) is 0 Å². The fourth-order valence-electron chi connectivity index (χ4n) is 2.63. The van der Waals surface area contributed by atoms with Gasteiger partial charge < -0.3 is 39.7 Å². The first-order valence-corrected chi connectivity index (χ1v) is 8.19. The van der Waals surface area contributed by atoms with Gasteiger partial charge in [-0.15, -0.1) is 0 Å². The second kappa shape index (κ2) is 8.79. The minimum atomic E-state index is -1.51. The molecule has 5 N–H and O–H groups in total. The van der Waals surface area contributed by atoms with E-state index in [0.717, 1.165) is 5.56 Å². The van der Waals surface area contributed by atoms with Crippen molar-refractivity contribution < 1.29 is 39.7 Å². The molecule has 1 aromatic carbocycles. The van der Waals surface area contributed by atoms with Crippen molar-refractivity contribution in [3.63, 3.8) is 0 Å². The lowest BCUT2D eigenvalue weighted by atomic mass is 9.99. The highest BCUT2D eigenvalue weighted by atomic mass is 16.7. The third-order valence-electron chi connectivity index (χ3n) is 4.17. The summed E-state index contributed by atoms with van der Waals surface area (Å²) in [5.74, 6) is 0.688. The summed E-state index contributed by atoms with van der Waals surface area (Å²) in [4.78, 5) is 0. The van der Waals surface area contributed by atoms with Gasteiger partial charge in [0, 0.05) is 0 Å². The lowest BCUT2D eigenvalue weighted by molar-refractivity contribution is -0.277. The van der Waals surface area contributed by atoms with Gasteiger partial charge >= 0.3 is 0 Å². The molecule has 0 aromatic heterocycles. The Bertz CT molecular complexity index is 547. The summed E-state index contributed by atoms with van der Waals surface area (Å²) < 4.78 is 16.2. The Hall–Kier alpha value is -1.42. The minimum Gasteiger partial charge on any atom is -0.493 e. The topological polar surface area (TPSA) is 129 Å². The van der Waals surface area contributed by atoms with E-state index in [1.165, 1.54) is 7.11 Å². The molecule has 6 atom stereocenters. The first-order chi connectivity index (χ1) is 11.9. The maximum atomic E-state index is 10.0. The molecule has 8 nitrogen and oxygen atoms in total. The van der Waals surface area contributed by atoms with Gasteiger partial charge in [-0.1, -0.05) is 6.07 Å². The maximum Gasteiger partial charge on any atom is 0.229 e. The van der Waals surface area contributed by atoms with Gasteiger partial charge in [-0.2, -0.15) is 0 Å². The van der Waals surface area contributed by atoms with Crippen LogP contribution in [0.4, 0.5) is 0 Å². The summed E-state index contributed by atoms with van der Waals surface area (Å²) in [7, 11) is 1.47. The predicted octanol–water partition coefficient (Wildman–Crippen LogP) is -0.813. The van der Waals surface area contributed by atoms with Gasteiger partial charge in [-0.3, -0.25) is 0 Å². The molecule has 8 heteroatoms. The van der Waals surface area contributed by atoms with Gasteiger partial charge in [0.1, 0.15) is 24.4 Å². The molecule has 25 heavy (non-hydrogen) atoms. The standard InChI is InChI=1S/C17H26O8/c1-9(19)3-4-10-5-6-11(12(7-10)23-2)24-17-16(22)15(21)14(20)13(8-18)25-17/h5-7,9,13-22H,3-4,8H2,1-2H3/t9?,13-,14-,15+,16-,17-/m1/s1. The van der Waals surface area contributed by atoms with E-state index < -0.39 is 43.4 Å². The number of aliphatic hydroxyl groups excluding tert-OH is 5. The second-order valence-corrected chi connectivity index (χ2v) is 6.19. The molecule has 0 saturated carbocycles. The molecule has 1 aromatic rings. The zero-order chi connectivity index (χ0) is 18.6. The smallest absolute Gasteiger partial charge is 0.229 e. The van der Waals surface area contributed by atoms with Crippen molar-refractivity contribution in [2.75, 3.05) is 13.7 Å². The van der Waals surface area contributed by atoms with Gasteiger partial charge in [-0.05, 0) is 37.5 Å². The Morgan fingerprint density at radius 3 is 2.44 bits per heavy atom. The molecule has 0 amide bonds. The average Bonchev–Trinajstić information content (AvgIpc) is 2.60. The number of aliphatic hydroxyl groups is 5. The Labute approximate surface area is 146 Å². The molecular weight excluding hydrogens is 332 g/mol. The number of benzene rings is 1. The number of aryl methyl sites for hydroxylation is 1. The number of hydrogen-bond donors (Lipinski definition) is 5. The zero-order valence-electron chi connectivity index (χ0n) is 14.3. The molecule has 0 bridgehead atoms. The van der Waals surface area contributed by atoms with Crippen LogP contribution in [0.1, 0.15) is 18.9 Å². The van der Waals surface area contributed by atoms with Crippen LogP contribution < -0.4 is 9.47 Å². The van der Waals surface area contributed by atoms with E-state index in [0.29, 0.717) is 18.6 Å². The first kappa shape index (κ1) is 19.9. The summed E-state index contributed by atoms with van der Waals surface area (Å²) in [6.07, 6.45) is -5.89. The highest BCUT2D eigenvalue weighted by molar-refractivity contribution is 5.43. The van der Waals surface area contributed by atoms with E-state index in [9.17, 15) is 25.5 Å². The summed E-state index contributed by atoms with van der Waals surface area (Å²) in [6.45, 7) is 1.19. The molecule has 0 aliphatic carbocycles. The van der Waals surface area contributed by atoms with E-state index in [2.05, 4.69) is 0 Å². The Morgan fingerprint density at radius 2 is 1.84 bits per heavy atom. The van der Waals surface area contributed by atoms with Crippen LogP contribution in [-0.2, 0) is 11.2 Å². The van der Waals surface area contributed by atoms with Crippen molar-refractivity contribution in [3.8, 4) is 11.5 Å². The molecule has 2 rings (SSSR count). The largest absolute Gasteiger partial charge is 0.493 e. The molecule has 142 valence electrons. The normalized spacial score (nSPS) is 30.8. The van der Waals surface area contributed by atoms with E-state index in [4.69, 9.17) is 14.2 Å². The van der Waals surface area contributed by atoms with Crippen LogP contribution in [0.3, 0.4) is 0 Å². The van der Waals surface area contributed by atoms with Gasteiger partial charge in [-0.25, -0.2) is 0 Å².